The van der Waals surface area contributed by atoms with Crippen LogP contribution in [0.4, 0.5) is 0 Å². The number of unbranched alkanes of at least 4 members (excludes halogenated alkanes) is 5. The third kappa shape index (κ3) is 10.2. The minimum atomic E-state index is -1.19. The number of aliphatic hydroxyl groups excluding tert-OH is 1. The van der Waals surface area contributed by atoms with Crippen molar-refractivity contribution in [1.82, 2.24) is 4.90 Å². The lowest BCUT2D eigenvalue weighted by molar-refractivity contribution is -0.0606. The van der Waals surface area contributed by atoms with Crippen LogP contribution in [-0.2, 0) is 0 Å². The Morgan fingerprint density at radius 1 is 0.933 bits per heavy atom. The maximum absolute atomic E-state index is 8.84. The molecule has 2 N–H and O–H groups in total. The molecule has 0 rings (SSSR count). The average molecular weight is 217 g/mol. The molecule has 0 saturated carbocycles. The van der Waals surface area contributed by atoms with Crippen molar-refractivity contribution < 1.29 is 10.2 Å². The molecule has 0 aromatic carbocycles. The molecule has 0 unspecified atom stereocenters. The molecular weight excluding hydrogens is 190 g/mol. The van der Waals surface area contributed by atoms with Gasteiger partial charge in [0.05, 0.1) is 0 Å². The van der Waals surface area contributed by atoms with Gasteiger partial charge in [-0.25, -0.2) is 0 Å². The molecular formula is C12H27NO2. The first-order chi connectivity index (χ1) is 7.20. The van der Waals surface area contributed by atoms with Crippen LogP contribution in [0.5, 0.6) is 0 Å². The fraction of sp³-hybridized carbons (Fsp3) is 1.00. The fourth-order valence-electron chi connectivity index (χ4n) is 1.73. The second kappa shape index (κ2) is 10.4. The number of likely N-dealkylation sites (N-methyl/N-ethyl adjacent to an activating group) is 1. The molecule has 92 valence electrons. The van der Waals surface area contributed by atoms with E-state index in [2.05, 4.69) is 18.7 Å². The van der Waals surface area contributed by atoms with Gasteiger partial charge in [-0.3, -0.25) is 4.90 Å². The Balaban J connectivity index is 3.30. The largest absolute Gasteiger partial charge is 0.367 e. The summed E-state index contributed by atoms with van der Waals surface area (Å²) in [5.41, 5.74) is 0. The van der Waals surface area contributed by atoms with E-state index in [0.717, 1.165) is 13.1 Å². The fourth-order valence-corrected chi connectivity index (χ4v) is 1.73. The third-order valence-corrected chi connectivity index (χ3v) is 2.70. The van der Waals surface area contributed by atoms with Crippen LogP contribution in [0, 0.1) is 0 Å². The van der Waals surface area contributed by atoms with E-state index in [1.54, 1.807) is 0 Å². The summed E-state index contributed by atoms with van der Waals surface area (Å²) in [4.78, 5) is 2.09. The van der Waals surface area contributed by atoms with Crippen LogP contribution in [-0.4, -0.2) is 41.0 Å². The van der Waals surface area contributed by atoms with Gasteiger partial charge in [0.2, 0.25) is 0 Å². The smallest absolute Gasteiger partial charge is 0.164 e. The second-order valence-electron chi connectivity index (χ2n) is 4.14. The summed E-state index contributed by atoms with van der Waals surface area (Å²) in [7, 11) is 0. The molecule has 0 bridgehead atoms. The highest BCUT2D eigenvalue weighted by Crippen LogP contribution is 2.06. The van der Waals surface area contributed by atoms with Crippen molar-refractivity contribution in [2.45, 2.75) is 58.7 Å². The number of nitrogens with zero attached hydrogens (tertiary/aromatic N) is 1. The highest BCUT2D eigenvalue weighted by atomic mass is 16.5. The monoisotopic (exact) mass is 217 g/mol. The number of hydrogen-bond donors (Lipinski definition) is 2. The summed E-state index contributed by atoms with van der Waals surface area (Å²) >= 11 is 0. The summed E-state index contributed by atoms with van der Waals surface area (Å²) in [6, 6.07) is 0. The number of aliphatic hydroxyl groups is 2. The Morgan fingerprint density at radius 3 is 2.07 bits per heavy atom. The van der Waals surface area contributed by atoms with Crippen molar-refractivity contribution in [2.75, 3.05) is 19.6 Å². The number of rotatable bonds is 10. The predicted octanol–water partition coefficient (Wildman–Crippen LogP) is 1.98. The molecule has 0 atom stereocenters. The van der Waals surface area contributed by atoms with Gasteiger partial charge >= 0.3 is 0 Å². The summed E-state index contributed by atoms with van der Waals surface area (Å²) < 4.78 is 0. The molecule has 0 amide bonds. The van der Waals surface area contributed by atoms with Gasteiger partial charge in [0, 0.05) is 6.54 Å². The van der Waals surface area contributed by atoms with Crippen LogP contribution in [0.3, 0.4) is 0 Å². The Morgan fingerprint density at radius 2 is 1.53 bits per heavy atom. The van der Waals surface area contributed by atoms with Crippen molar-refractivity contribution in [3.63, 3.8) is 0 Å². The Labute approximate surface area is 94.1 Å². The van der Waals surface area contributed by atoms with Crippen molar-refractivity contribution >= 4 is 0 Å². The summed E-state index contributed by atoms with van der Waals surface area (Å²) in [5.74, 6) is 0. The third-order valence-electron chi connectivity index (χ3n) is 2.70. The van der Waals surface area contributed by atoms with Gasteiger partial charge in [0.15, 0.2) is 6.29 Å². The molecule has 0 radical (unpaired) electrons. The lowest BCUT2D eigenvalue weighted by Gasteiger charge is -2.20. The molecule has 0 saturated heterocycles. The molecule has 15 heavy (non-hydrogen) atoms. The van der Waals surface area contributed by atoms with Gasteiger partial charge in [-0.15, -0.1) is 0 Å². The molecule has 0 fully saturated rings. The van der Waals surface area contributed by atoms with E-state index in [4.69, 9.17) is 10.2 Å². The van der Waals surface area contributed by atoms with Crippen molar-refractivity contribution in [3.8, 4) is 0 Å². The van der Waals surface area contributed by atoms with Gasteiger partial charge in [0.25, 0.3) is 0 Å². The van der Waals surface area contributed by atoms with Crippen LogP contribution in [0.15, 0.2) is 0 Å². The molecule has 0 spiro atoms. The van der Waals surface area contributed by atoms with Gasteiger partial charge in [0.1, 0.15) is 0 Å². The molecule has 3 nitrogen and oxygen atoms in total. The highest BCUT2D eigenvalue weighted by Gasteiger charge is 2.05. The van der Waals surface area contributed by atoms with Crippen LogP contribution in [0.1, 0.15) is 52.4 Å². The summed E-state index contributed by atoms with van der Waals surface area (Å²) in [6.07, 6.45) is 6.52. The van der Waals surface area contributed by atoms with Crippen molar-refractivity contribution in [3.05, 3.63) is 0 Å². The Kier molecular flexibility index (Phi) is 10.3. The summed E-state index contributed by atoms with van der Waals surface area (Å²) in [6.45, 7) is 6.54. The van der Waals surface area contributed by atoms with Gasteiger partial charge in [-0.2, -0.15) is 0 Å². The van der Waals surface area contributed by atoms with E-state index in [1.165, 1.54) is 38.5 Å². The van der Waals surface area contributed by atoms with E-state index >= 15 is 0 Å². The Hall–Kier alpha value is -0.120. The van der Waals surface area contributed by atoms with E-state index in [0.29, 0.717) is 6.54 Å². The average Bonchev–Trinajstić information content (AvgIpc) is 2.20. The van der Waals surface area contributed by atoms with Crippen molar-refractivity contribution in [2.24, 2.45) is 0 Å². The zero-order valence-corrected chi connectivity index (χ0v) is 10.3. The van der Waals surface area contributed by atoms with Gasteiger partial charge in [-0.05, 0) is 19.5 Å². The lowest BCUT2D eigenvalue weighted by atomic mass is 10.1. The first-order valence-corrected chi connectivity index (χ1v) is 6.29. The zero-order chi connectivity index (χ0) is 11.5. The molecule has 0 aromatic heterocycles. The molecule has 0 aliphatic heterocycles. The minimum Gasteiger partial charge on any atom is -0.367 e. The van der Waals surface area contributed by atoms with E-state index in [9.17, 15) is 0 Å². The van der Waals surface area contributed by atoms with Gasteiger partial charge < -0.3 is 10.2 Å². The first kappa shape index (κ1) is 14.9. The zero-order valence-electron chi connectivity index (χ0n) is 10.3. The quantitative estimate of drug-likeness (QED) is 0.434. The molecule has 0 aliphatic rings. The maximum atomic E-state index is 8.84. The highest BCUT2D eigenvalue weighted by molar-refractivity contribution is 4.56. The number of hydrogen-bond acceptors (Lipinski definition) is 3. The van der Waals surface area contributed by atoms with E-state index in [-0.39, 0.29) is 0 Å². The molecule has 3 heteroatoms. The van der Waals surface area contributed by atoms with Crippen LogP contribution >= 0.6 is 0 Å². The van der Waals surface area contributed by atoms with E-state index in [1.807, 2.05) is 0 Å². The topological polar surface area (TPSA) is 43.7 Å². The Bertz CT molecular complexity index is 129. The first-order valence-electron chi connectivity index (χ1n) is 6.29. The SMILES string of the molecule is CCCCCCCCN(CC)CC(O)O. The van der Waals surface area contributed by atoms with E-state index < -0.39 is 6.29 Å². The van der Waals surface area contributed by atoms with Crippen LogP contribution < -0.4 is 0 Å². The van der Waals surface area contributed by atoms with Crippen LogP contribution in [0.2, 0.25) is 0 Å². The van der Waals surface area contributed by atoms with Crippen LogP contribution in [0.25, 0.3) is 0 Å². The molecule has 0 heterocycles. The second-order valence-corrected chi connectivity index (χ2v) is 4.14. The maximum Gasteiger partial charge on any atom is 0.164 e. The molecule has 0 aliphatic carbocycles. The predicted molar refractivity (Wildman–Crippen MR) is 63.7 cm³/mol. The summed E-state index contributed by atoms with van der Waals surface area (Å²) in [5, 5.41) is 17.7. The normalized spacial score (nSPS) is 11.6. The van der Waals surface area contributed by atoms with Gasteiger partial charge in [-0.1, -0.05) is 46.0 Å². The standard InChI is InChI=1S/C12H27NO2/c1-3-5-6-7-8-9-10-13(4-2)11-12(14)15/h12,14-15H,3-11H2,1-2H3. The van der Waals surface area contributed by atoms with Crippen molar-refractivity contribution in [1.29, 1.82) is 0 Å². The lowest BCUT2D eigenvalue weighted by Crippen LogP contribution is -2.32. The minimum absolute atomic E-state index is 0.380. The molecule has 0 aromatic rings.